The van der Waals surface area contributed by atoms with Gasteiger partial charge in [0.05, 0.1) is 72.9 Å². The first-order valence-corrected chi connectivity index (χ1v) is 52.2. The highest BCUT2D eigenvalue weighted by Gasteiger charge is 2.45. The number of pyridine rings is 4. The Bertz CT molecular complexity index is 6800. The molecule has 15 nitrogen and oxygen atoms in total. The van der Waals surface area contributed by atoms with E-state index < -0.39 is 22.4 Å². The van der Waals surface area contributed by atoms with E-state index in [4.69, 9.17) is 50.5 Å². The van der Waals surface area contributed by atoms with Crippen LogP contribution in [0, 0.1) is 5.82 Å². The van der Waals surface area contributed by atoms with Gasteiger partial charge < -0.3 is 54.1 Å². The highest BCUT2D eigenvalue weighted by atomic mass is 79.9. The molecule has 4 heterocycles. The fourth-order valence-corrected chi connectivity index (χ4v) is 21.4. The topological polar surface area (TPSA) is 179 Å². The zero-order valence-electron chi connectivity index (χ0n) is 84.2. The van der Waals surface area contributed by atoms with E-state index >= 15 is 0 Å². The number of halogens is 5. The minimum Gasteiger partial charge on any atom is -0.481 e. The van der Waals surface area contributed by atoms with Crippen molar-refractivity contribution in [2.45, 2.75) is 143 Å². The van der Waals surface area contributed by atoms with Crippen molar-refractivity contribution in [3.8, 4) is 23.5 Å². The third kappa shape index (κ3) is 28.1. The number of ether oxygens (including phenoxy) is 4. The first-order chi connectivity index (χ1) is 69.6. The van der Waals surface area contributed by atoms with E-state index in [1.807, 2.05) is 186 Å². The van der Waals surface area contributed by atoms with Gasteiger partial charge in [0, 0.05) is 106 Å². The molecule has 17 aromatic rings. The fraction of sp³-hybridized carbons (Fsp3) is 0.290. The van der Waals surface area contributed by atoms with Crippen molar-refractivity contribution < 1.29 is 43.8 Å². The van der Waals surface area contributed by atoms with E-state index in [0.717, 1.165) is 159 Å². The van der Waals surface area contributed by atoms with Crippen molar-refractivity contribution in [3.63, 3.8) is 0 Å². The van der Waals surface area contributed by atoms with Gasteiger partial charge in [0.25, 0.3) is 0 Å². The molecule has 0 saturated carbocycles. The number of aromatic nitrogens is 4. The summed E-state index contributed by atoms with van der Waals surface area (Å²) in [6, 6.07) is 115. The highest BCUT2D eigenvalue weighted by Crippen LogP contribution is 2.51. The van der Waals surface area contributed by atoms with Crippen LogP contribution in [0.1, 0.15) is 162 Å². The predicted molar refractivity (Wildman–Crippen MR) is 600 cm³/mol. The third-order valence-electron chi connectivity index (χ3n) is 27.6. The maximum absolute atomic E-state index is 13.5. The van der Waals surface area contributed by atoms with Crippen molar-refractivity contribution in [2.75, 3.05) is 90.4 Å². The van der Waals surface area contributed by atoms with Crippen LogP contribution in [-0.2, 0) is 25.7 Å². The van der Waals surface area contributed by atoms with E-state index in [-0.39, 0.29) is 29.5 Å². The SMILES string of the molecule is CCCCC(O)(CCc1ccc(F)cc1)C(c1ccccc1)c1cc2cc(Br)ccc2nc1OC.COc1nc2ccc(Br)cc2cc1C(c1ccccc1)C(O)(CCc1cccc2ccccc12)CCN(C)C.COc1nc2ccc(Br)cc2cc1C(c1ccccc1)C(O)(CCc1ccccc1)CCN(C)C.COc1nc2ccc(Cl)cc2cc1C(c1ccccc1)C(O)(CCc1ccccc1)CCN(C)C. The van der Waals surface area contributed by atoms with Crippen LogP contribution in [0.5, 0.6) is 23.5 Å². The smallest absolute Gasteiger partial charge is 0.217 e. The second-order valence-corrected chi connectivity index (χ2v) is 41.7. The number of rotatable bonds is 40. The van der Waals surface area contributed by atoms with Gasteiger partial charge in [0.15, 0.2) is 0 Å². The van der Waals surface area contributed by atoms with Gasteiger partial charge in [-0.2, -0.15) is 0 Å². The van der Waals surface area contributed by atoms with Gasteiger partial charge in [0.2, 0.25) is 23.5 Å². The first kappa shape index (κ1) is 108. The molecule has 8 unspecified atom stereocenters. The second-order valence-electron chi connectivity index (χ2n) is 38.5. The second kappa shape index (κ2) is 51.4. The number of aryl methyl sites for hydroxylation is 4. The summed E-state index contributed by atoms with van der Waals surface area (Å²) in [4.78, 5) is 25.7. The number of nitrogens with zero attached hydrogens (tertiary/aromatic N) is 7. The summed E-state index contributed by atoms with van der Waals surface area (Å²) in [6.07, 6.45) is 9.58. The minimum absolute atomic E-state index is 0.254. The number of fused-ring (bicyclic) bond motifs is 5. The lowest BCUT2D eigenvalue weighted by Crippen LogP contribution is -2.40. The average molecular weight is 2140 g/mol. The number of hydrogen-bond donors (Lipinski definition) is 4. The van der Waals surface area contributed by atoms with E-state index in [2.05, 4.69) is 247 Å². The molecule has 20 heteroatoms. The molecular formula is C124H132Br3ClFN7O8. The summed E-state index contributed by atoms with van der Waals surface area (Å²) in [5.74, 6) is 0.568. The Balaban J connectivity index is 0.000000152. The van der Waals surface area contributed by atoms with E-state index in [9.17, 15) is 24.8 Å². The number of benzene rings is 13. The molecule has 0 spiro atoms. The molecule has 4 N–H and O–H groups in total. The monoisotopic (exact) mass is 2140 g/mol. The Morgan fingerprint density at radius 1 is 0.306 bits per heavy atom. The average Bonchev–Trinajstić information content (AvgIpc) is 0.771. The maximum Gasteiger partial charge on any atom is 0.217 e. The number of unbranched alkanes of at least 4 members (excludes halogenated alkanes) is 1. The van der Waals surface area contributed by atoms with E-state index in [1.165, 1.54) is 39.6 Å². The van der Waals surface area contributed by atoms with Crippen molar-refractivity contribution in [1.29, 1.82) is 0 Å². The molecule has 8 atom stereocenters. The van der Waals surface area contributed by atoms with Gasteiger partial charge in [-0.05, 0) is 284 Å². The molecule has 0 saturated heterocycles. The van der Waals surface area contributed by atoms with Crippen molar-refractivity contribution in [2.24, 2.45) is 0 Å². The summed E-state index contributed by atoms with van der Waals surface area (Å²) < 4.78 is 39.7. The van der Waals surface area contributed by atoms with Crippen LogP contribution in [0.15, 0.2) is 359 Å². The van der Waals surface area contributed by atoms with Crippen LogP contribution < -0.4 is 18.9 Å². The fourth-order valence-electron chi connectivity index (χ4n) is 20.0. The molecule has 144 heavy (non-hydrogen) atoms. The van der Waals surface area contributed by atoms with Gasteiger partial charge in [0.1, 0.15) is 5.82 Å². The normalized spacial score (nSPS) is 14.0. The van der Waals surface area contributed by atoms with Gasteiger partial charge in [-0.1, -0.05) is 316 Å². The molecule has 13 aromatic carbocycles. The zero-order valence-corrected chi connectivity index (χ0v) is 89.7. The molecule has 0 radical (unpaired) electrons. The Morgan fingerprint density at radius 3 is 0.917 bits per heavy atom. The molecule has 17 rings (SSSR count). The van der Waals surface area contributed by atoms with Crippen molar-refractivity contribution >= 4 is 114 Å². The standard InChI is InChI=1S/C34H35BrN2O2.C30H31BrFNO2.C30H33BrN2O2.C30H33ClN2O2/c1-37(2)21-20-34(38,19-18-25-14-9-13-24-10-7-8-15-29(24)25)32(26-11-5-4-6-12-26)30-23-27-22-28(35)16-17-31(27)36-33(30)39-3;1-3-4-17-30(34,18-16-21-10-13-25(32)14-11-21)28(22-8-6-5-7-9-22)26-20-23-19-24(31)12-15-27(23)33-29(26)35-2;2*1-33(2)19-18-30(34,17-16-22-10-6-4-7-11-22)28(23-12-8-5-9-13-23)26-21-24-20-25(31)14-15-27(24)32-29(26)35-3/h4-17,22-23,32,38H,18-21H2,1-3H3;5-15,19-20,28,34H,3-4,16-18H2,1-2H3;2*4-15,20-21,28,34H,16-19H2,1-3H3. The number of hydrogen-bond acceptors (Lipinski definition) is 15. The van der Waals surface area contributed by atoms with Crippen LogP contribution in [0.4, 0.5) is 4.39 Å². The minimum atomic E-state index is -1.06. The van der Waals surface area contributed by atoms with Gasteiger partial charge in [-0.15, -0.1) is 0 Å². The number of aliphatic hydroxyl groups is 4. The summed E-state index contributed by atoms with van der Waals surface area (Å²) in [6.45, 7) is 4.41. The predicted octanol–water partition coefficient (Wildman–Crippen LogP) is 28.2. The first-order valence-electron chi connectivity index (χ1n) is 49.5. The molecule has 4 aromatic heterocycles. The van der Waals surface area contributed by atoms with Crippen LogP contribution in [0.25, 0.3) is 54.4 Å². The summed E-state index contributed by atoms with van der Waals surface area (Å²) in [7, 11) is 18.9. The third-order valence-corrected chi connectivity index (χ3v) is 29.3. The quantitative estimate of drug-likeness (QED) is 0.0285. The van der Waals surface area contributed by atoms with E-state index in [1.54, 1.807) is 40.6 Å². The maximum atomic E-state index is 13.5. The van der Waals surface area contributed by atoms with Crippen LogP contribution in [-0.4, -0.2) is 168 Å². The molecule has 0 fully saturated rings. The van der Waals surface area contributed by atoms with Gasteiger partial charge in [-0.3, -0.25) is 0 Å². The van der Waals surface area contributed by atoms with Gasteiger partial charge >= 0.3 is 0 Å². The molecule has 0 amide bonds. The molecule has 746 valence electrons. The van der Waals surface area contributed by atoms with Crippen LogP contribution in [0.3, 0.4) is 0 Å². The Kier molecular flexibility index (Phi) is 38.6. The highest BCUT2D eigenvalue weighted by molar-refractivity contribution is 9.11. The lowest BCUT2D eigenvalue weighted by Gasteiger charge is -2.38. The van der Waals surface area contributed by atoms with E-state index in [0.29, 0.717) is 86.3 Å². The van der Waals surface area contributed by atoms with Crippen molar-refractivity contribution in [1.82, 2.24) is 34.6 Å². The van der Waals surface area contributed by atoms with Gasteiger partial charge in [-0.25, -0.2) is 24.3 Å². The molecule has 0 aliphatic carbocycles. The molecule has 0 aliphatic heterocycles. The zero-order chi connectivity index (χ0) is 102. The largest absolute Gasteiger partial charge is 0.481 e. The summed E-state index contributed by atoms with van der Waals surface area (Å²) in [5, 5.41) is 57.2. The Morgan fingerprint density at radius 2 is 0.590 bits per heavy atom. The number of methoxy groups -OCH3 is 4. The molecule has 0 bridgehead atoms. The molecular weight excluding hydrogens is 2010 g/mol. The Labute approximate surface area is 878 Å². The summed E-state index contributed by atoms with van der Waals surface area (Å²) in [5.41, 5.74) is 11.5. The van der Waals surface area contributed by atoms with Crippen LogP contribution >= 0.6 is 59.4 Å². The Hall–Kier alpha value is -11.7. The summed E-state index contributed by atoms with van der Waals surface area (Å²) >= 11 is 17.1. The lowest BCUT2D eigenvalue weighted by molar-refractivity contribution is 0.000436. The van der Waals surface area contributed by atoms with Crippen LogP contribution in [0.2, 0.25) is 5.02 Å². The van der Waals surface area contributed by atoms with Crippen molar-refractivity contribution in [3.05, 3.63) is 437 Å². The lowest BCUT2D eigenvalue weighted by atomic mass is 9.72. The molecule has 0 aliphatic rings.